The van der Waals surface area contributed by atoms with Gasteiger partial charge in [0.1, 0.15) is 0 Å². The first-order chi connectivity index (χ1) is 7.56. The molecule has 0 spiro atoms. The van der Waals surface area contributed by atoms with E-state index in [4.69, 9.17) is 0 Å². The van der Waals surface area contributed by atoms with Gasteiger partial charge in [0.25, 0.3) is 11.8 Å². The van der Waals surface area contributed by atoms with E-state index in [1.807, 2.05) is 6.92 Å². The minimum atomic E-state index is -0.321. The van der Waals surface area contributed by atoms with Crippen LogP contribution in [0, 0.1) is 0 Å². The Morgan fingerprint density at radius 3 is 2.44 bits per heavy atom. The molecule has 2 rings (SSSR count). The van der Waals surface area contributed by atoms with Crippen LogP contribution in [0.4, 0.5) is 0 Å². The fourth-order valence-corrected chi connectivity index (χ4v) is 1.69. The quantitative estimate of drug-likeness (QED) is 0.707. The molecule has 3 nitrogen and oxygen atoms in total. The van der Waals surface area contributed by atoms with Crippen molar-refractivity contribution >= 4 is 17.4 Å². The Labute approximate surface area is 93.7 Å². The molecule has 0 saturated carbocycles. The van der Waals surface area contributed by atoms with Crippen LogP contribution < -0.4 is 0 Å². The van der Waals surface area contributed by atoms with E-state index in [0.717, 1.165) is 16.0 Å². The molecule has 2 amide bonds. The van der Waals surface area contributed by atoms with Crippen LogP contribution in [0.25, 0.3) is 5.57 Å². The number of amides is 2. The number of allylic oxidation sites excluding steroid dienone is 1. The van der Waals surface area contributed by atoms with Crippen molar-refractivity contribution in [2.24, 2.45) is 0 Å². The Morgan fingerprint density at radius 1 is 1.25 bits per heavy atom. The monoisotopic (exact) mass is 213 g/mol. The summed E-state index contributed by atoms with van der Waals surface area (Å²) in [4.78, 5) is 24.6. The summed E-state index contributed by atoms with van der Waals surface area (Å²) in [6.07, 6.45) is 1.24. The summed E-state index contributed by atoms with van der Waals surface area (Å²) in [5, 5.41) is 0. The molecule has 1 aliphatic rings. The maximum absolute atomic E-state index is 11.8. The maximum Gasteiger partial charge on any atom is 0.265 e. The average molecular weight is 213 g/mol. The van der Waals surface area contributed by atoms with Gasteiger partial charge in [0, 0.05) is 6.20 Å². The van der Waals surface area contributed by atoms with E-state index in [9.17, 15) is 9.59 Å². The molecule has 0 saturated heterocycles. The third-order valence-corrected chi connectivity index (χ3v) is 2.59. The van der Waals surface area contributed by atoms with Gasteiger partial charge in [-0.3, -0.25) is 9.59 Å². The molecule has 1 heterocycles. The summed E-state index contributed by atoms with van der Waals surface area (Å²) in [6.45, 7) is 9.11. The molecule has 80 valence electrons. The molecule has 1 aromatic rings. The van der Waals surface area contributed by atoms with Crippen molar-refractivity contribution in [1.82, 2.24) is 4.90 Å². The van der Waals surface area contributed by atoms with Gasteiger partial charge in [0.2, 0.25) is 0 Å². The highest BCUT2D eigenvalue weighted by Crippen LogP contribution is 2.25. The molecule has 0 fully saturated rings. The van der Waals surface area contributed by atoms with Crippen molar-refractivity contribution in [3.63, 3.8) is 0 Å². The number of hydrogen-bond acceptors (Lipinski definition) is 2. The van der Waals surface area contributed by atoms with Gasteiger partial charge >= 0.3 is 0 Å². The van der Waals surface area contributed by atoms with Gasteiger partial charge < -0.3 is 0 Å². The Morgan fingerprint density at radius 2 is 1.88 bits per heavy atom. The lowest BCUT2D eigenvalue weighted by molar-refractivity contribution is 0.0722. The van der Waals surface area contributed by atoms with E-state index in [1.54, 1.807) is 18.2 Å². The van der Waals surface area contributed by atoms with Crippen molar-refractivity contribution in [1.29, 1.82) is 0 Å². The fraction of sp³-hybridized carbons (Fsp3) is 0.0769. The summed E-state index contributed by atoms with van der Waals surface area (Å²) in [5.41, 5.74) is 2.58. The number of nitrogens with zero attached hydrogens (tertiary/aromatic N) is 1. The lowest BCUT2D eigenvalue weighted by atomic mass is 10.0. The minimum Gasteiger partial charge on any atom is -0.268 e. The zero-order chi connectivity index (χ0) is 11.9. The van der Waals surface area contributed by atoms with E-state index in [-0.39, 0.29) is 11.8 Å². The third kappa shape index (κ3) is 1.29. The fourth-order valence-electron chi connectivity index (χ4n) is 1.69. The molecule has 16 heavy (non-hydrogen) atoms. The van der Waals surface area contributed by atoms with Gasteiger partial charge in [-0.1, -0.05) is 24.8 Å². The van der Waals surface area contributed by atoms with Gasteiger partial charge in [-0.15, -0.1) is 0 Å². The number of fused-ring (bicyclic) bond motifs is 1. The minimum absolute atomic E-state index is 0.316. The molecule has 0 aromatic heterocycles. The highest BCUT2D eigenvalue weighted by Gasteiger charge is 2.33. The highest BCUT2D eigenvalue weighted by molar-refractivity contribution is 6.22. The SMILES string of the molecule is C=CN1C(=O)c2ccc(C(=C)C)cc2C1=O. The Bertz CT molecular complexity index is 529. The van der Waals surface area contributed by atoms with Gasteiger partial charge in [-0.05, 0) is 24.6 Å². The number of imide groups is 1. The summed E-state index contributed by atoms with van der Waals surface area (Å²) >= 11 is 0. The topological polar surface area (TPSA) is 37.4 Å². The molecule has 1 aromatic carbocycles. The van der Waals surface area contributed by atoms with Crippen molar-refractivity contribution in [2.75, 3.05) is 0 Å². The number of carbonyl (C=O) groups is 2. The molecule has 0 bridgehead atoms. The lowest BCUT2D eigenvalue weighted by Gasteiger charge is -2.04. The van der Waals surface area contributed by atoms with Crippen LogP contribution in [-0.4, -0.2) is 16.7 Å². The number of carbonyl (C=O) groups excluding carboxylic acids is 2. The molecule has 0 atom stereocenters. The van der Waals surface area contributed by atoms with Crippen LogP contribution >= 0.6 is 0 Å². The standard InChI is InChI=1S/C13H11NO2/c1-4-14-12(15)10-6-5-9(8(2)3)7-11(10)13(14)16/h4-7H,1-2H2,3H3. The largest absolute Gasteiger partial charge is 0.268 e. The zero-order valence-corrected chi connectivity index (χ0v) is 8.99. The Balaban J connectivity index is 2.60. The number of rotatable bonds is 2. The second-order valence-electron chi connectivity index (χ2n) is 3.70. The van der Waals surface area contributed by atoms with Crippen LogP contribution in [0.2, 0.25) is 0 Å². The van der Waals surface area contributed by atoms with E-state index in [1.165, 1.54) is 6.20 Å². The second kappa shape index (κ2) is 3.45. The summed E-state index contributed by atoms with van der Waals surface area (Å²) in [5.74, 6) is -0.638. The molecule has 0 aliphatic carbocycles. The number of hydrogen-bond donors (Lipinski definition) is 0. The Hall–Kier alpha value is -2.16. The van der Waals surface area contributed by atoms with Crippen LogP contribution in [0.5, 0.6) is 0 Å². The van der Waals surface area contributed by atoms with Crippen molar-refractivity contribution in [3.05, 3.63) is 54.2 Å². The van der Waals surface area contributed by atoms with Crippen molar-refractivity contribution < 1.29 is 9.59 Å². The van der Waals surface area contributed by atoms with Crippen LogP contribution in [0.15, 0.2) is 37.6 Å². The van der Waals surface area contributed by atoms with Gasteiger partial charge in [0.15, 0.2) is 0 Å². The lowest BCUT2D eigenvalue weighted by Crippen LogP contribution is -2.22. The van der Waals surface area contributed by atoms with Gasteiger partial charge in [-0.2, -0.15) is 0 Å². The molecular formula is C13H11NO2. The van der Waals surface area contributed by atoms with E-state index < -0.39 is 0 Å². The highest BCUT2D eigenvalue weighted by atomic mass is 16.2. The molecule has 0 unspecified atom stereocenters. The predicted molar refractivity (Wildman–Crippen MR) is 61.8 cm³/mol. The zero-order valence-electron chi connectivity index (χ0n) is 8.99. The molecule has 3 heteroatoms. The van der Waals surface area contributed by atoms with Crippen LogP contribution in [0.1, 0.15) is 33.2 Å². The molecule has 0 N–H and O–H groups in total. The normalized spacial score (nSPS) is 13.9. The summed E-state index contributed by atoms with van der Waals surface area (Å²) in [6, 6.07) is 5.14. The molecule has 1 aliphatic heterocycles. The Kier molecular flexibility index (Phi) is 2.23. The number of benzene rings is 1. The third-order valence-electron chi connectivity index (χ3n) is 2.59. The second-order valence-corrected chi connectivity index (χ2v) is 3.70. The van der Waals surface area contributed by atoms with Gasteiger partial charge in [-0.25, -0.2) is 4.90 Å². The average Bonchev–Trinajstić information content (AvgIpc) is 2.51. The van der Waals surface area contributed by atoms with E-state index in [2.05, 4.69) is 13.2 Å². The summed E-state index contributed by atoms with van der Waals surface area (Å²) < 4.78 is 0. The van der Waals surface area contributed by atoms with E-state index in [0.29, 0.717) is 11.1 Å². The smallest absolute Gasteiger partial charge is 0.265 e. The first kappa shape index (κ1) is 10.4. The van der Waals surface area contributed by atoms with Crippen LogP contribution in [0.3, 0.4) is 0 Å². The van der Waals surface area contributed by atoms with E-state index >= 15 is 0 Å². The van der Waals surface area contributed by atoms with Crippen molar-refractivity contribution in [2.45, 2.75) is 6.92 Å². The van der Waals surface area contributed by atoms with Crippen LogP contribution in [-0.2, 0) is 0 Å². The van der Waals surface area contributed by atoms with Crippen molar-refractivity contribution in [3.8, 4) is 0 Å². The predicted octanol–water partition coefficient (Wildman–Crippen LogP) is 2.46. The van der Waals surface area contributed by atoms with Gasteiger partial charge in [0.05, 0.1) is 11.1 Å². The first-order valence-corrected chi connectivity index (χ1v) is 4.86. The molecular weight excluding hydrogens is 202 g/mol. The summed E-state index contributed by atoms with van der Waals surface area (Å²) in [7, 11) is 0. The molecule has 0 radical (unpaired) electrons. The first-order valence-electron chi connectivity index (χ1n) is 4.86. The maximum atomic E-state index is 11.8.